The van der Waals surface area contributed by atoms with Crippen LogP contribution in [-0.2, 0) is 11.0 Å². The highest BCUT2D eigenvalue weighted by molar-refractivity contribution is 14.1. The molecule has 0 N–H and O–H groups in total. The molecular weight excluding hydrogens is 345 g/mol. The second-order valence-corrected chi connectivity index (χ2v) is 4.06. The molecule has 1 aromatic carbocycles. The van der Waals surface area contributed by atoms with Gasteiger partial charge in [0.25, 0.3) is 0 Å². The van der Waals surface area contributed by atoms with Crippen LogP contribution in [0.5, 0.6) is 0 Å². The van der Waals surface area contributed by atoms with E-state index in [2.05, 4.69) is 4.99 Å². The summed E-state index contributed by atoms with van der Waals surface area (Å²) in [6, 6.07) is 1.59. The number of rotatable bonds is 1. The van der Waals surface area contributed by atoms with Crippen molar-refractivity contribution in [1.29, 1.82) is 0 Å². The SMILES string of the molecule is O=C=Nc1c(Cl)cc(C(F)(F)F)cc1I. The van der Waals surface area contributed by atoms with Gasteiger partial charge in [0.15, 0.2) is 0 Å². The van der Waals surface area contributed by atoms with Gasteiger partial charge in [-0.15, -0.1) is 0 Å². The van der Waals surface area contributed by atoms with Crippen molar-refractivity contribution in [1.82, 2.24) is 0 Å². The topological polar surface area (TPSA) is 29.4 Å². The smallest absolute Gasteiger partial charge is 0.211 e. The van der Waals surface area contributed by atoms with Crippen LogP contribution < -0.4 is 0 Å². The molecule has 0 fully saturated rings. The first-order valence-corrected chi connectivity index (χ1v) is 4.96. The fraction of sp³-hybridized carbons (Fsp3) is 0.125. The monoisotopic (exact) mass is 347 g/mol. The van der Waals surface area contributed by atoms with E-state index >= 15 is 0 Å². The molecule has 0 aliphatic rings. The van der Waals surface area contributed by atoms with Crippen molar-refractivity contribution in [2.75, 3.05) is 0 Å². The molecule has 0 radical (unpaired) electrons. The van der Waals surface area contributed by atoms with Gasteiger partial charge in [0.1, 0.15) is 5.69 Å². The van der Waals surface area contributed by atoms with Gasteiger partial charge in [0, 0.05) is 3.57 Å². The van der Waals surface area contributed by atoms with Crippen molar-refractivity contribution in [2.24, 2.45) is 4.99 Å². The molecule has 0 heterocycles. The van der Waals surface area contributed by atoms with Crippen molar-refractivity contribution in [3.63, 3.8) is 0 Å². The maximum Gasteiger partial charge on any atom is 0.416 e. The van der Waals surface area contributed by atoms with Gasteiger partial charge in [0.2, 0.25) is 6.08 Å². The minimum Gasteiger partial charge on any atom is -0.211 e. The summed E-state index contributed by atoms with van der Waals surface area (Å²) in [5.74, 6) is 0. The van der Waals surface area contributed by atoms with E-state index in [1.54, 1.807) is 22.6 Å². The second-order valence-electron chi connectivity index (χ2n) is 2.49. The van der Waals surface area contributed by atoms with Crippen LogP contribution in [-0.4, -0.2) is 6.08 Å². The van der Waals surface area contributed by atoms with E-state index in [4.69, 9.17) is 11.6 Å². The number of isocyanates is 1. The van der Waals surface area contributed by atoms with E-state index in [-0.39, 0.29) is 14.3 Å². The minimum absolute atomic E-state index is 0.000247. The van der Waals surface area contributed by atoms with E-state index in [1.165, 1.54) is 6.08 Å². The molecule has 0 aliphatic carbocycles. The van der Waals surface area contributed by atoms with Gasteiger partial charge >= 0.3 is 6.18 Å². The van der Waals surface area contributed by atoms with Crippen LogP contribution in [0.2, 0.25) is 5.02 Å². The lowest BCUT2D eigenvalue weighted by atomic mass is 10.2. The minimum atomic E-state index is -4.47. The van der Waals surface area contributed by atoms with Crippen LogP contribution in [0.25, 0.3) is 0 Å². The Hall–Kier alpha value is -0.590. The average Bonchev–Trinajstić information content (AvgIpc) is 2.09. The molecule has 0 unspecified atom stereocenters. The third-order valence-corrected chi connectivity index (χ3v) is 2.61. The number of aliphatic imine (C=N–C) groups is 1. The Morgan fingerprint density at radius 2 is 2.00 bits per heavy atom. The van der Waals surface area contributed by atoms with Gasteiger partial charge < -0.3 is 0 Å². The number of carbonyl (C=O) groups excluding carboxylic acids is 1. The molecule has 0 atom stereocenters. The summed E-state index contributed by atoms with van der Waals surface area (Å²) in [5.41, 5.74) is -0.873. The van der Waals surface area contributed by atoms with Crippen LogP contribution >= 0.6 is 34.2 Å². The zero-order chi connectivity index (χ0) is 11.6. The van der Waals surface area contributed by atoms with Crippen molar-refractivity contribution >= 4 is 46.0 Å². The second kappa shape index (κ2) is 4.51. The lowest BCUT2D eigenvalue weighted by Crippen LogP contribution is -2.05. The highest BCUT2D eigenvalue weighted by Gasteiger charge is 2.31. The fourth-order valence-electron chi connectivity index (χ4n) is 0.882. The molecule has 1 rings (SSSR count). The molecular formula is C8H2ClF3INO. The predicted molar refractivity (Wildman–Crippen MR) is 57.0 cm³/mol. The van der Waals surface area contributed by atoms with Crippen LogP contribution in [0.15, 0.2) is 17.1 Å². The predicted octanol–water partition coefficient (Wildman–Crippen LogP) is 3.93. The first-order valence-electron chi connectivity index (χ1n) is 3.50. The van der Waals surface area contributed by atoms with Gasteiger partial charge in [0.05, 0.1) is 10.6 Å². The highest BCUT2D eigenvalue weighted by atomic mass is 127. The van der Waals surface area contributed by atoms with Gasteiger partial charge in [-0.2, -0.15) is 18.2 Å². The molecule has 7 heteroatoms. The largest absolute Gasteiger partial charge is 0.416 e. The Morgan fingerprint density at radius 3 is 2.40 bits per heavy atom. The summed E-state index contributed by atoms with van der Waals surface area (Å²) >= 11 is 7.16. The molecule has 0 aromatic heterocycles. The quantitative estimate of drug-likeness (QED) is 0.430. The summed E-state index contributed by atoms with van der Waals surface area (Å²) in [6.07, 6.45) is -3.24. The van der Waals surface area contributed by atoms with Gasteiger partial charge in [-0.05, 0) is 34.7 Å². The number of halogens is 5. The fourth-order valence-corrected chi connectivity index (χ4v) is 2.05. The Kier molecular flexibility index (Phi) is 3.75. The van der Waals surface area contributed by atoms with Crippen LogP contribution in [0, 0.1) is 3.57 Å². The molecule has 15 heavy (non-hydrogen) atoms. The first kappa shape index (κ1) is 12.5. The van der Waals surface area contributed by atoms with Crippen molar-refractivity contribution in [3.8, 4) is 0 Å². The molecule has 0 bridgehead atoms. The van der Waals surface area contributed by atoms with Gasteiger partial charge in [-0.3, -0.25) is 0 Å². The van der Waals surface area contributed by atoms with Crippen molar-refractivity contribution < 1.29 is 18.0 Å². The zero-order valence-corrected chi connectivity index (χ0v) is 9.81. The maximum atomic E-state index is 12.3. The third kappa shape index (κ3) is 2.93. The number of hydrogen-bond acceptors (Lipinski definition) is 2. The summed E-state index contributed by atoms with van der Waals surface area (Å²) in [4.78, 5) is 13.2. The van der Waals surface area contributed by atoms with Gasteiger partial charge in [-0.25, -0.2) is 4.79 Å². The number of benzene rings is 1. The average molecular weight is 347 g/mol. The van der Waals surface area contributed by atoms with Crippen molar-refractivity contribution in [3.05, 3.63) is 26.3 Å². The molecule has 0 aliphatic heterocycles. The van der Waals surface area contributed by atoms with Crippen LogP contribution in [0.4, 0.5) is 18.9 Å². The van der Waals surface area contributed by atoms with E-state index in [9.17, 15) is 18.0 Å². The maximum absolute atomic E-state index is 12.3. The Balaban J connectivity index is 3.38. The standard InChI is InChI=1S/C8H2ClF3INO/c9-5-1-4(8(10,11)12)2-6(13)7(5)14-3-15/h1-2H. The molecule has 0 saturated carbocycles. The molecule has 80 valence electrons. The Bertz CT molecular complexity index is 417. The molecule has 1 aromatic rings. The summed E-state index contributed by atoms with van der Waals surface area (Å²) in [7, 11) is 0. The highest BCUT2D eigenvalue weighted by Crippen LogP contribution is 2.37. The molecule has 0 spiro atoms. The zero-order valence-electron chi connectivity index (χ0n) is 6.90. The van der Waals surface area contributed by atoms with E-state index in [1.807, 2.05) is 0 Å². The third-order valence-electron chi connectivity index (χ3n) is 1.50. The van der Waals surface area contributed by atoms with Crippen LogP contribution in [0.3, 0.4) is 0 Å². The Morgan fingerprint density at radius 1 is 1.40 bits per heavy atom. The van der Waals surface area contributed by atoms with Gasteiger partial charge in [-0.1, -0.05) is 11.6 Å². The number of hydrogen-bond donors (Lipinski definition) is 0. The first-order chi connectivity index (χ1) is 6.86. The summed E-state index contributed by atoms with van der Waals surface area (Å²) < 4.78 is 37.0. The lowest BCUT2D eigenvalue weighted by molar-refractivity contribution is -0.137. The molecule has 0 amide bonds. The molecule has 0 saturated heterocycles. The van der Waals surface area contributed by atoms with E-state index in [0.717, 1.165) is 12.1 Å². The van der Waals surface area contributed by atoms with Crippen LogP contribution in [0.1, 0.15) is 5.56 Å². The number of nitrogens with zero attached hydrogens (tertiary/aromatic N) is 1. The van der Waals surface area contributed by atoms with E-state index in [0.29, 0.717) is 0 Å². The summed E-state index contributed by atoms with van der Waals surface area (Å²) in [5, 5.41) is -0.224. The number of alkyl halides is 3. The van der Waals surface area contributed by atoms with Crippen molar-refractivity contribution in [2.45, 2.75) is 6.18 Å². The normalized spacial score (nSPS) is 11.0. The lowest BCUT2D eigenvalue weighted by Gasteiger charge is -2.08. The van der Waals surface area contributed by atoms with E-state index < -0.39 is 11.7 Å². The Labute approximate surface area is 101 Å². The molecule has 2 nitrogen and oxygen atoms in total. The summed E-state index contributed by atoms with van der Waals surface area (Å²) in [6.45, 7) is 0.